The molecule has 0 spiro atoms. The van der Waals surface area contributed by atoms with E-state index >= 15 is 0 Å². The quantitative estimate of drug-likeness (QED) is 0.0566. The van der Waals surface area contributed by atoms with Gasteiger partial charge in [-0.05, 0) is 65.7 Å². The molecule has 2 heteroatoms. The van der Waals surface area contributed by atoms with Gasteiger partial charge in [-0.25, -0.2) is 0 Å². The Morgan fingerprint density at radius 2 is 0.902 bits per heavy atom. The van der Waals surface area contributed by atoms with Gasteiger partial charge in [-0.15, -0.1) is 0 Å². The van der Waals surface area contributed by atoms with Gasteiger partial charge in [-0.2, -0.15) is 0 Å². The molecule has 0 radical (unpaired) electrons. The van der Waals surface area contributed by atoms with Crippen molar-refractivity contribution < 1.29 is 0 Å². The van der Waals surface area contributed by atoms with E-state index in [1.807, 2.05) is 0 Å². The maximum absolute atomic E-state index is 2.58. The van der Waals surface area contributed by atoms with Gasteiger partial charge in [0.2, 0.25) is 0 Å². The molecule has 0 aliphatic carbocycles. The number of likely N-dealkylation sites (N-methyl/N-ethyl adjacent to an activating group) is 1. The van der Waals surface area contributed by atoms with Crippen molar-refractivity contribution in [2.24, 2.45) is 5.92 Å². The third kappa shape index (κ3) is 32.4. The maximum Gasteiger partial charge on any atom is 0.0162 e. The maximum atomic E-state index is 2.58. The fraction of sp³-hybridized carbons (Fsp3) is 0.949. The normalized spacial score (nSPS) is 13.1. The van der Waals surface area contributed by atoms with Gasteiger partial charge < -0.3 is 9.80 Å². The highest BCUT2D eigenvalue weighted by Gasteiger charge is 2.07. The minimum Gasteiger partial charge on any atom is -0.306 e. The fourth-order valence-corrected chi connectivity index (χ4v) is 6.23. The number of unbranched alkanes of at least 4 members (excludes halogenated alkanes) is 21. The minimum atomic E-state index is 0.835. The molecule has 0 aliphatic rings. The first-order chi connectivity index (χ1) is 20.0. The Labute approximate surface area is 261 Å². The van der Waals surface area contributed by atoms with E-state index in [1.54, 1.807) is 5.57 Å². The van der Waals surface area contributed by atoms with Gasteiger partial charge in [0.1, 0.15) is 0 Å². The van der Waals surface area contributed by atoms with Crippen molar-refractivity contribution in [1.29, 1.82) is 0 Å². The fourth-order valence-electron chi connectivity index (χ4n) is 6.23. The number of nitrogens with zero attached hydrogens (tertiary/aromatic N) is 2. The molecule has 2 nitrogen and oxygen atoms in total. The first-order valence-corrected chi connectivity index (χ1v) is 19.0. The lowest BCUT2D eigenvalue weighted by Gasteiger charge is -2.23. The number of hydrogen-bond donors (Lipinski definition) is 0. The molecule has 0 aromatic rings. The highest BCUT2D eigenvalue weighted by Crippen LogP contribution is 2.16. The smallest absolute Gasteiger partial charge is 0.0162 e. The van der Waals surface area contributed by atoms with Gasteiger partial charge in [0.15, 0.2) is 0 Å². The van der Waals surface area contributed by atoms with Gasteiger partial charge in [0.05, 0.1) is 0 Å². The van der Waals surface area contributed by atoms with Crippen molar-refractivity contribution in [2.75, 3.05) is 40.3 Å². The second-order valence-corrected chi connectivity index (χ2v) is 14.0. The first-order valence-electron chi connectivity index (χ1n) is 19.0. The SMILES string of the molecule is CCCCCCCCCCCCCCC(C)CN(C)CCCN(C)C/C=C(\C)CCCCCCCCCCCCC. The van der Waals surface area contributed by atoms with Crippen LogP contribution in [0.5, 0.6) is 0 Å². The Morgan fingerprint density at radius 3 is 1.37 bits per heavy atom. The molecule has 1 atom stereocenters. The second kappa shape index (κ2) is 32.6. The van der Waals surface area contributed by atoms with Crippen LogP contribution >= 0.6 is 0 Å². The largest absolute Gasteiger partial charge is 0.306 e. The lowest BCUT2D eigenvalue weighted by molar-refractivity contribution is 0.254. The third-order valence-corrected chi connectivity index (χ3v) is 9.18. The molecule has 0 rings (SSSR count). The van der Waals surface area contributed by atoms with E-state index in [-0.39, 0.29) is 0 Å². The predicted molar refractivity (Wildman–Crippen MR) is 189 cm³/mol. The summed E-state index contributed by atoms with van der Waals surface area (Å²) in [4.78, 5) is 5.08. The third-order valence-electron chi connectivity index (χ3n) is 9.18. The van der Waals surface area contributed by atoms with Crippen LogP contribution in [0, 0.1) is 5.92 Å². The van der Waals surface area contributed by atoms with Crippen molar-refractivity contribution >= 4 is 0 Å². The summed E-state index contributed by atoms with van der Waals surface area (Å²) in [5, 5.41) is 0. The molecular formula is C39H80N2. The Balaban J connectivity index is 3.57. The number of rotatable bonds is 33. The molecule has 0 aromatic heterocycles. The van der Waals surface area contributed by atoms with E-state index in [9.17, 15) is 0 Å². The van der Waals surface area contributed by atoms with Crippen LogP contribution in [0.25, 0.3) is 0 Å². The number of allylic oxidation sites excluding steroid dienone is 1. The van der Waals surface area contributed by atoms with Gasteiger partial charge in [-0.1, -0.05) is 174 Å². The van der Waals surface area contributed by atoms with Crippen molar-refractivity contribution in [3.63, 3.8) is 0 Å². The molecule has 0 aliphatic heterocycles. The Bertz CT molecular complexity index is 528. The van der Waals surface area contributed by atoms with Crippen LogP contribution in [-0.4, -0.2) is 50.1 Å². The zero-order valence-corrected chi connectivity index (χ0v) is 29.8. The molecule has 41 heavy (non-hydrogen) atoms. The van der Waals surface area contributed by atoms with E-state index in [2.05, 4.69) is 57.7 Å². The van der Waals surface area contributed by atoms with E-state index in [0.717, 1.165) is 12.5 Å². The standard InChI is InChI=1S/C39H80N2/c1-7-9-11-13-15-17-19-21-23-25-27-29-32-39(4)37-41(6)35-30-34-40(5)36-33-38(3)31-28-26-24-22-20-18-16-14-12-10-8-2/h33,39H,7-32,34-37H2,1-6H3/b38-33+. The number of hydrogen-bond acceptors (Lipinski definition) is 2. The second-order valence-electron chi connectivity index (χ2n) is 14.0. The summed E-state index contributed by atoms with van der Waals surface area (Å²) >= 11 is 0. The van der Waals surface area contributed by atoms with Crippen LogP contribution < -0.4 is 0 Å². The molecule has 0 fully saturated rings. The zero-order valence-electron chi connectivity index (χ0n) is 29.8. The highest BCUT2D eigenvalue weighted by atomic mass is 15.1. The van der Waals surface area contributed by atoms with Gasteiger partial charge in [-0.3, -0.25) is 0 Å². The van der Waals surface area contributed by atoms with E-state index in [0.29, 0.717) is 0 Å². The van der Waals surface area contributed by atoms with Crippen molar-refractivity contribution in [3.05, 3.63) is 11.6 Å². The summed E-state index contributed by atoms with van der Waals surface area (Å²) in [6.07, 6.45) is 39.6. The van der Waals surface area contributed by atoms with Crippen LogP contribution in [0.2, 0.25) is 0 Å². The zero-order chi connectivity index (χ0) is 30.2. The highest BCUT2D eigenvalue weighted by molar-refractivity contribution is 4.99. The van der Waals surface area contributed by atoms with Gasteiger partial charge in [0.25, 0.3) is 0 Å². The molecule has 0 N–H and O–H groups in total. The van der Waals surface area contributed by atoms with Crippen molar-refractivity contribution in [3.8, 4) is 0 Å². The molecule has 0 bridgehead atoms. The van der Waals surface area contributed by atoms with E-state index < -0.39 is 0 Å². The molecule has 0 heterocycles. The summed E-state index contributed by atoms with van der Waals surface area (Å²) in [5.74, 6) is 0.835. The average Bonchev–Trinajstić information content (AvgIpc) is 2.95. The molecule has 0 aromatic carbocycles. The van der Waals surface area contributed by atoms with Crippen molar-refractivity contribution in [2.45, 2.75) is 195 Å². The lowest BCUT2D eigenvalue weighted by atomic mass is 10.0. The molecule has 0 amide bonds. The summed E-state index contributed by atoms with van der Waals surface area (Å²) in [5.41, 5.74) is 1.59. The van der Waals surface area contributed by atoms with Gasteiger partial charge >= 0.3 is 0 Å². The van der Waals surface area contributed by atoms with Crippen LogP contribution in [0.3, 0.4) is 0 Å². The molecule has 246 valence electrons. The Kier molecular flexibility index (Phi) is 32.3. The molecular weight excluding hydrogens is 496 g/mol. The predicted octanol–water partition coefficient (Wildman–Crippen LogP) is 12.6. The Hall–Kier alpha value is -0.340. The first kappa shape index (κ1) is 40.7. The Morgan fingerprint density at radius 1 is 0.512 bits per heavy atom. The van der Waals surface area contributed by atoms with Crippen LogP contribution in [0.15, 0.2) is 11.6 Å². The average molecular weight is 577 g/mol. The van der Waals surface area contributed by atoms with Crippen LogP contribution in [0.1, 0.15) is 195 Å². The monoisotopic (exact) mass is 577 g/mol. The van der Waals surface area contributed by atoms with Gasteiger partial charge in [0, 0.05) is 13.1 Å². The molecule has 0 saturated heterocycles. The summed E-state index contributed by atoms with van der Waals surface area (Å²) < 4.78 is 0. The topological polar surface area (TPSA) is 6.48 Å². The lowest BCUT2D eigenvalue weighted by Crippen LogP contribution is -2.29. The van der Waals surface area contributed by atoms with Crippen molar-refractivity contribution in [1.82, 2.24) is 9.80 Å². The summed E-state index contributed by atoms with van der Waals surface area (Å²) in [6, 6.07) is 0. The molecule has 1 unspecified atom stereocenters. The summed E-state index contributed by atoms with van der Waals surface area (Å²) in [7, 11) is 4.62. The summed E-state index contributed by atoms with van der Waals surface area (Å²) in [6.45, 7) is 14.2. The van der Waals surface area contributed by atoms with Crippen LogP contribution in [-0.2, 0) is 0 Å². The minimum absolute atomic E-state index is 0.835. The van der Waals surface area contributed by atoms with E-state index in [1.165, 1.54) is 187 Å². The van der Waals surface area contributed by atoms with E-state index in [4.69, 9.17) is 0 Å². The van der Waals surface area contributed by atoms with Crippen LogP contribution in [0.4, 0.5) is 0 Å². The molecule has 0 saturated carbocycles.